The van der Waals surface area contributed by atoms with E-state index in [2.05, 4.69) is 11.4 Å². The van der Waals surface area contributed by atoms with E-state index >= 15 is 0 Å². The van der Waals surface area contributed by atoms with E-state index in [1.165, 1.54) is 24.8 Å². The van der Waals surface area contributed by atoms with Crippen LogP contribution in [0.3, 0.4) is 0 Å². The van der Waals surface area contributed by atoms with Gasteiger partial charge in [0, 0.05) is 31.4 Å². The van der Waals surface area contributed by atoms with Gasteiger partial charge in [0.1, 0.15) is 0 Å². The highest BCUT2D eigenvalue weighted by atomic mass is 16.2. The van der Waals surface area contributed by atoms with E-state index in [1.807, 2.05) is 24.1 Å². The van der Waals surface area contributed by atoms with Crippen LogP contribution in [0.2, 0.25) is 0 Å². The number of nitrogens with one attached hydrogen (secondary N) is 1. The van der Waals surface area contributed by atoms with Crippen molar-refractivity contribution >= 4 is 11.6 Å². The van der Waals surface area contributed by atoms with Crippen LogP contribution in [-0.4, -0.2) is 30.9 Å². The highest BCUT2D eigenvalue weighted by molar-refractivity contribution is 5.95. The van der Waals surface area contributed by atoms with Gasteiger partial charge in [-0.25, -0.2) is 0 Å². The van der Waals surface area contributed by atoms with Crippen LogP contribution in [0, 0.1) is 5.92 Å². The first kappa shape index (κ1) is 11.6. The van der Waals surface area contributed by atoms with Crippen molar-refractivity contribution in [1.82, 2.24) is 4.90 Å². The smallest absolute Gasteiger partial charge is 0.253 e. The Hall–Kier alpha value is -1.51. The Morgan fingerprint density at radius 2 is 2.28 bits per heavy atom. The van der Waals surface area contributed by atoms with Gasteiger partial charge in [-0.15, -0.1) is 0 Å². The number of amides is 1. The number of hydrogen-bond acceptors (Lipinski definition) is 2. The minimum Gasteiger partial charge on any atom is -0.384 e. The molecule has 3 heteroatoms. The zero-order valence-corrected chi connectivity index (χ0v) is 10.9. The molecule has 1 aromatic rings. The Bertz CT molecular complexity index is 466. The molecule has 1 aliphatic carbocycles. The van der Waals surface area contributed by atoms with Crippen LogP contribution >= 0.6 is 0 Å². The summed E-state index contributed by atoms with van der Waals surface area (Å²) in [6.07, 6.45) is 4.96. The highest BCUT2D eigenvalue weighted by Gasteiger charge is 2.22. The lowest BCUT2D eigenvalue weighted by Crippen LogP contribution is -2.34. The molecule has 1 aromatic carbocycles. The van der Waals surface area contributed by atoms with Gasteiger partial charge >= 0.3 is 0 Å². The lowest BCUT2D eigenvalue weighted by molar-refractivity contribution is 0.0745. The fourth-order valence-electron chi connectivity index (χ4n) is 2.79. The van der Waals surface area contributed by atoms with E-state index in [-0.39, 0.29) is 5.91 Å². The highest BCUT2D eigenvalue weighted by Crippen LogP contribution is 2.28. The minimum atomic E-state index is 0.151. The fourth-order valence-corrected chi connectivity index (χ4v) is 2.79. The van der Waals surface area contributed by atoms with Crippen LogP contribution in [0.25, 0.3) is 0 Å². The van der Waals surface area contributed by atoms with E-state index in [4.69, 9.17) is 0 Å². The summed E-state index contributed by atoms with van der Waals surface area (Å²) >= 11 is 0. The van der Waals surface area contributed by atoms with E-state index in [1.54, 1.807) is 0 Å². The summed E-state index contributed by atoms with van der Waals surface area (Å²) in [6, 6.07) is 6.05. The van der Waals surface area contributed by atoms with Gasteiger partial charge in [-0.05, 0) is 42.9 Å². The quantitative estimate of drug-likeness (QED) is 0.886. The monoisotopic (exact) mass is 244 g/mol. The molecule has 0 spiro atoms. The van der Waals surface area contributed by atoms with Crippen LogP contribution in [-0.2, 0) is 6.42 Å². The normalized spacial score (nSPS) is 17.8. The maximum Gasteiger partial charge on any atom is 0.253 e. The first-order valence-electron chi connectivity index (χ1n) is 6.86. The Morgan fingerprint density at radius 1 is 1.44 bits per heavy atom. The van der Waals surface area contributed by atoms with Crippen LogP contribution in [0.4, 0.5) is 5.69 Å². The predicted octanol–water partition coefficient (Wildman–Crippen LogP) is 2.53. The number of anilines is 1. The molecule has 3 nitrogen and oxygen atoms in total. The van der Waals surface area contributed by atoms with Crippen molar-refractivity contribution in [2.45, 2.75) is 25.7 Å². The van der Waals surface area contributed by atoms with Gasteiger partial charge in [-0.1, -0.05) is 12.5 Å². The number of fused-ring (bicyclic) bond motifs is 1. The molecule has 1 aliphatic heterocycles. The molecule has 0 unspecified atom stereocenters. The largest absolute Gasteiger partial charge is 0.384 e. The Morgan fingerprint density at radius 3 is 3.00 bits per heavy atom. The summed E-state index contributed by atoms with van der Waals surface area (Å²) in [4.78, 5) is 14.2. The van der Waals surface area contributed by atoms with E-state index in [0.717, 1.165) is 36.7 Å². The van der Waals surface area contributed by atoms with E-state index in [9.17, 15) is 4.79 Å². The van der Waals surface area contributed by atoms with Crippen LogP contribution in [0.5, 0.6) is 0 Å². The zero-order chi connectivity index (χ0) is 12.5. The van der Waals surface area contributed by atoms with Gasteiger partial charge in [0.2, 0.25) is 0 Å². The molecule has 0 bridgehead atoms. The van der Waals surface area contributed by atoms with E-state index in [0.29, 0.717) is 0 Å². The first-order valence-corrected chi connectivity index (χ1v) is 6.86. The van der Waals surface area contributed by atoms with E-state index < -0.39 is 0 Å². The first-order chi connectivity index (χ1) is 8.74. The van der Waals surface area contributed by atoms with Crippen LogP contribution < -0.4 is 5.32 Å². The van der Waals surface area contributed by atoms with Crippen molar-refractivity contribution < 1.29 is 4.79 Å². The van der Waals surface area contributed by atoms with Gasteiger partial charge in [0.15, 0.2) is 0 Å². The molecule has 2 aliphatic rings. The summed E-state index contributed by atoms with van der Waals surface area (Å²) in [5.74, 6) is 0.880. The average molecular weight is 244 g/mol. The van der Waals surface area contributed by atoms with Gasteiger partial charge in [-0.2, -0.15) is 0 Å². The van der Waals surface area contributed by atoms with Gasteiger partial charge < -0.3 is 10.2 Å². The molecule has 0 aromatic heterocycles. The predicted molar refractivity (Wildman–Crippen MR) is 72.9 cm³/mol. The zero-order valence-electron chi connectivity index (χ0n) is 10.9. The molecule has 1 saturated carbocycles. The molecular formula is C15H20N2O. The van der Waals surface area contributed by atoms with Gasteiger partial charge in [0.25, 0.3) is 5.91 Å². The number of carbonyl (C=O) groups is 1. The van der Waals surface area contributed by atoms with Crippen molar-refractivity contribution in [3.05, 3.63) is 29.3 Å². The van der Waals surface area contributed by atoms with Crippen LogP contribution in [0.15, 0.2) is 18.2 Å². The number of hydrogen-bond donors (Lipinski definition) is 1. The Balaban J connectivity index is 1.71. The molecule has 1 fully saturated rings. The molecular weight excluding hydrogens is 224 g/mol. The molecule has 3 rings (SSSR count). The second kappa shape index (κ2) is 4.63. The van der Waals surface area contributed by atoms with Crippen LogP contribution in [0.1, 0.15) is 35.2 Å². The Kier molecular flexibility index (Phi) is 2.98. The maximum atomic E-state index is 12.3. The maximum absolute atomic E-state index is 12.3. The molecule has 96 valence electrons. The van der Waals surface area contributed by atoms with Crippen molar-refractivity contribution in [2.24, 2.45) is 5.92 Å². The third-order valence-corrected chi connectivity index (χ3v) is 4.17. The van der Waals surface area contributed by atoms with Gasteiger partial charge in [-0.3, -0.25) is 4.79 Å². The minimum absolute atomic E-state index is 0.151. The molecule has 0 radical (unpaired) electrons. The number of nitrogens with zero attached hydrogens (tertiary/aromatic N) is 1. The molecule has 0 saturated heterocycles. The lowest BCUT2D eigenvalue weighted by atomic mass is 9.85. The summed E-state index contributed by atoms with van der Waals surface area (Å²) in [5, 5.41) is 3.33. The van der Waals surface area contributed by atoms with Crippen molar-refractivity contribution in [2.75, 3.05) is 25.5 Å². The topological polar surface area (TPSA) is 32.3 Å². The summed E-state index contributed by atoms with van der Waals surface area (Å²) in [6.45, 7) is 1.90. The molecule has 18 heavy (non-hydrogen) atoms. The third-order valence-electron chi connectivity index (χ3n) is 4.17. The van der Waals surface area contributed by atoms with Crippen molar-refractivity contribution in [3.8, 4) is 0 Å². The molecule has 1 heterocycles. The molecule has 1 N–H and O–H groups in total. The summed E-state index contributed by atoms with van der Waals surface area (Å²) in [5.41, 5.74) is 3.27. The number of carbonyl (C=O) groups excluding carboxylic acids is 1. The molecule has 0 atom stereocenters. The number of benzene rings is 1. The average Bonchev–Trinajstić information content (AvgIpc) is 2.79. The summed E-state index contributed by atoms with van der Waals surface area (Å²) in [7, 11) is 1.92. The Labute approximate surface area is 108 Å². The lowest BCUT2D eigenvalue weighted by Gasteiger charge is -2.30. The number of rotatable bonds is 3. The second-order valence-corrected chi connectivity index (χ2v) is 5.53. The fraction of sp³-hybridized carbons (Fsp3) is 0.533. The SMILES string of the molecule is CN(CC1CCC1)C(=O)c1ccc2c(c1)NCC2. The third kappa shape index (κ3) is 2.09. The van der Waals surface area contributed by atoms with Crippen molar-refractivity contribution in [1.29, 1.82) is 0 Å². The second-order valence-electron chi connectivity index (χ2n) is 5.53. The van der Waals surface area contributed by atoms with Gasteiger partial charge in [0.05, 0.1) is 0 Å². The summed E-state index contributed by atoms with van der Waals surface area (Å²) < 4.78 is 0. The van der Waals surface area contributed by atoms with Crippen molar-refractivity contribution in [3.63, 3.8) is 0 Å². The molecule has 1 amide bonds. The standard InChI is InChI=1S/C15H20N2O/c1-17(10-11-3-2-4-11)15(18)13-6-5-12-7-8-16-14(12)9-13/h5-6,9,11,16H,2-4,7-8,10H2,1H3.